The predicted molar refractivity (Wildman–Crippen MR) is 79.9 cm³/mol. The van der Waals surface area contributed by atoms with E-state index in [1.54, 1.807) is 14.2 Å². The van der Waals surface area contributed by atoms with Gasteiger partial charge in [0.15, 0.2) is 0 Å². The number of methoxy groups -OCH3 is 2. The van der Waals surface area contributed by atoms with Gasteiger partial charge in [-0.15, -0.1) is 0 Å². The molecule has 3 nitrogen and oxygen atoms in total. The summed E-state index contributed by atoms with van der Waals surface area (Å²) in [7, 11) is 3.39. The molecule has 0 spiro atoms. The van der Waals surface area contributed by atoms with Crippen molar-refractivity contribution in [2.24, 2.45) is 5.92 Å². The highest BCUT2D eigenvalue weighted by atomic mass is 16.5. The second kappa shape index (κ2) is 8.05. The van der Waals surface area contributed by atoms with Gasteiger partial charge in [-0.2, -0.15) is 0 Å². The molecule has 0 aliphatic rings. The van der Waals surface area contributed by atoms with Crippen LogP contribution in [0.2, 0.25) is 0 Å². The van der Waals surface area contributed by atoms with Gasteiger partial charge in [-0.1, -0.05) is 26.7 Å². The van der Waals surface area contributed by atoms with Crippen molar-refractivity contribution in [1.82, 2.24) is 5.32 Å². The molecule has 0 aliphatic heterocycles. The fraction of sp³-hybridized carbons (Fsp3) is 0.625. The number of ether oxygens (including phenoxy) is 2. The molecular weight excluding hydrogens is 238 g/mol. The number of hydrogen-bond acceptors (Lipinski definition) is 3. The van der Waals surface area contributed by atoms with Crippen LogP contribution in [0.3, 0.4) is 0 Å². The summed E-state index contributed by atoms with van der Waals surface area (Å²) in [6.07, 6.45) is 2.42. The second-order valence-electron chi connectivity index (χ2n) is 4.92. The van der Waals surface area contributed by atoms with E-state index in [2.05, 4.69) is 26.1 Å². The van der Waals surface area contributed by atoms with Crippen molar-refractivity contribution in [1.29, 1.82) is 0 Å². The van der Waals surface area contributed by atoms with Crippen molar-refractivity contribution < 1.29 is 9.47 Å². The van der Waals surface area contributed by atoms with Crippen LogP contribution in [0, 0.1) is 5.92 Å². The zero-order valence-electron chi connectivity index (χ0n) is 12.8. The fourth-order valence-electron chi connectivity index (χ4n) is 2.45. The lowest BCUT2D eigenvalue weighted by Crippen LogP contribution is -2.32. The van der Waals surface area contributed by atoms with Gasteiger partial charge in [-0.05, 0) is 31.0 Å². The van der Waals surface area contributed by atoms with Crippen molar-refractivity contribution >= 4 is 0 Å². The van der Waals surface area contributed by atoms with Gasteiger partial charge < -0.3 is 14.8 Å². The van der Waals surface area contributed by atoms with Gasteiger partial charge in [0.2, 0.25) is 0 Å². The van der Waals surface area contributed by atoms with Gasteiger partial charge >= 0.3 is 0 Å². The zero-order chi connectivity index (χ0) is 14.3. The molecule has 108 valence electrons. The SMILES string of the molecule is CCC(CC)C(C)NCc1cc(OC)ccc1OC. The first kappa shape index (κ1) is 15.8. The highest BCUT2D eigenvalue weighted by Crippen LogP contribution is 2.24. The molecular formula is C16H27NO2. The standard InChI is InChI=1S/C16H27NO2/c1-6-13(7-2)12(3)17-11-14-10-15(18-4)8-9-16(14)19-5/h8-10,12-13,17H,6-7,11H2,1-5H3. The minimum Gasteiger partial charge on any atom is -0.497 e. The molecule has 0 fully saturated rings. The van der Waals surface area contributed by atoms with Gasteiger partial charge in [-0.25, -0.2) is 0 Å². The molecule has 0 aliphatic carbocycles. The van der Waals surface area contributed by atoms with Gasteiger partial charge in [0.05, 0.1) is 14.2 Å². The molecule has 0 heterocycles. The van der Waals surface area contributed by atoms with Crippen LogP contribution >= 0.6 is 0 Å². The topological polar surface area (TPSA) is 30.5 Å². The van der Waals surface area contributed by atoms with Gasteiger partial charge in [0.1, 0.15) is 11.5 Å². The summed E-state index contributed by atoms with van der Waals surface area (Å²) in [5, 5.41) is 3.59. The molecule has 19 heavy (non-hydrogen) atoms. The first-order valence-electron chi connectivity index (χ1n) is 7.10. The van der Waals surface area contributed by atoms with Crippen molar-refractivity contribution in [3.8, 4) is 11.5 Å². The molecule has 1 unspecified atom stereocenters. The van der Waals surface area contributed by atoms with Gasteiger partial charge in [0, 0.05) is 18.2 Å². The molecule has 1 N–H and O–H groups in total. The van der Waals surface area contributed by atoms with Crippen molar-refractivity contribution in [2.75, 3.05) is 14.2 Å². The molecule has 1 rings (SSSR count). The summed E-state index contributed by atoms with van der Waals surface area (Å²) in [5.41, 5.74) is 1.14. The van der Waals surface area contributed by atoms with E-state index < -0.39 is 0 Å². The minimum absolute atomic E-state index is 0.505. The number of nitrogens with one attached hydrogen (secondary N) is 1. The average Bonchev–Trinajstić information content (AvgIpc) is 2.45. The van der Waals surface area contributed by atoms with Gasteiger partial charge in [-0.3, -0.25) is 0 Å². The van der Waals surface area contributed by atoms with Crippen LogP contribution < -0.4 is 14.8 Å². The summed E-state index contributed by atoms with van der Waals surface area (Å²) in [4.78, 5) is 0. The number of hydrogen-bond donors (Lipinski definition) is 1. The van der Waals surface area contributed by atoms with Crippen LogP contribution in [0.15, 0.2) is 18.2 Å². The lowest BCUT2D eigenvalue weighted by Gasteiger charge is -2.23. The summed E-state index contributed by atoms with van der Waals surface area (Å²) >= 11 is 0. The Hall–Kier alpha value is -1.22. The van der Waals surface area contributed by atoms with E-state index in [1.807, 2.05) is 18.2 Å². The Labute approximate surface area is 117 Å². The van der Waals surface area contributed by atoms with Crippen LogP contribution in [0.1, 0.15) is 39.2 Å². The van der Waals surface area contributed by atoms with E-state index in [4.69, 9.17) is 9.47 Å². The Bertz CT molecular complexity index is 375. The van der Waals surface area contributed by atoms with Crippen LogP contribution in [-0.4, -0.2) is 20.3 Å². The number of benzene rings is 1. The monoisotopic (exact) mass is 265 g/mol. The lowest BCUT2D eigenvalue weighted by molar-refractivity contribution is 0.347. The Morgan fingerprint density at radius 2 is 1.79 bits per heavy atom. The lowest BCUT2D eigenvalue weighted by atomic mass is 9.95. The molecule has 0 saturated heterocycles. The van der Waals surface area contributed by atoms with Crippen LogP contribution in [0.25, 0.3) is 0 Å². The number of rotatable bonds is 8. The average molecular weight is 265 g/mol. The first-order valence-corrected chi connectivity index (χ1v) is 7.10. The smallest absolute Gasteiger partial charge is 0.123 e. The third-order valence-electron chi connectivity index (χ3n) is 3.86. The van der Waals surface area contributed by atoms with E-state index >= 15 is 0 Å². The Balaban J connectivity index is 2.70. The quantitative estimate of drug-likeness (QED) is 0.778. The molecule has 0 radical (unpaired) electrons. The first-order chi connectivity index (χ1) is 9.15. The van der Waals surface area contributed by atoms with Crippen LogP contribution in [0.5, 0.6) is 11.5 Å². The third kappa shape index (κ3) is 4.43. The maximum absolute atomic E-state index is 5.39. The highest BCUT2D eigenvalue weighted by molar-refractivity contribution is 5.40. The predicted octanol–water partition coefficient (Wildman–Crippen LogP) is 3.62. The maximum atomic E-state index is 5.39. The zero-order valence-corrected chi connectivity index (χ0v) is 12.8. The molecule has 1 atom stereocenters. The normalized spacial score (nSPS) is 12.5. The molecule has 0 amide bonds. The molecule has 3 heteroatoms. The van der Waals surface area contributed by atoms with E-state index in [1.165, 1.54) is 12.8 Å². The Kier molecular flexibility index (Phi) is 6.71. The summed E-state index contributed by atoms with van der Waals surface area (Å²) < 4.78 is 10.7. The van der Waals surface area contributed by atoms with Crippen LogP contribution in [0.4, 0.5) is 0 Å². The van der Waals surface area contributed by atoms with E-state index in [0.717, 1.165) is 29.5 Å². The third-order valence-corrected chi connectivity index (χ3v) is 3.86. The minimum atomic E-state index is 0.505. The molecule has 0 bridgehead atoms. The highest BCUT2D eigenvalue weighted by Gasteiger charge is 2.13. The largest absolute Gasteiger partial charge is 0.497 e. The van der Waals surface area contributed by atoms with Crippen molar-refractivity contribution in [3.63, 3.8) is 0 Å². The Morgan fingerprint density at radius 1 is 1.11 bits per heavy atom. The van der Waals surface area contributed by atoms with E-state index in [9.17, 15) is 0 Å². The molecule has 0 aromatic heterocycles. The van der Waals surface area contributed by atoms with E-state index in [-0.39, 0.29) is 0 Å². The summed E-state index contributed by atoms with van der Waals surface area (Å²) in [6.45, 7) is 7.55. The summed E-state index contributed by atoms with van der Waals surface area (Å²) in [6, 6.07) is 6.42. The molecule has 1 aromatic carbocycles. The second-order valence-corrected chi connectivity index (χ2v) is 4.92. The van der Waals surface area contributed by atoms with Crippen LogP contribution in [-0.2, 0) is 6.54 Å². The molecule has 0 saturated carbocycles. The molecule has 1 aromatic rings. The van der Waals surface area contributed by atoms with Gasteiger partial charge in [0.25, 0.3) is 0 Å². The Morgan fingerprint density at radius 3 is 2.32 bits per heavy atom. The fourth-order valence-corrected chi connectivity index (χ4v) is 2.45. The summed E-state index contributed by atoms with van der Waals surface area (Å²) in [5.74, 6) is 2.49. The van der Waals surface area contributed by atoms with Crippen molar-refractivity contribution in [2.45, 2.75) is 46.2 Å². The maximum Gasteiger partial charge on any atom is 0.123 e. The van der Waals surface area contributed by atoms with E-state index in [0.29, 0.717) is 6.04 Å². The van der Waals surface area contributed by atoms with Crippen molar-refractivity contribution in [3.05, 3.63) is 23.8 Å².